The molecule has 1 aromatic carbocycles. The maximum atomic E-state index is 14.5. The van der Waals surface area contributed by atoms with E-state index in [2.05, 4.69) is 15.4 Å². The number of anilines is 1. The first-order chi connectivity index (χ1) is 16.2. The summed E-state index contributed by atoms with van der Waals surface area (Å²) in [4.78, 5) is 9.37. The second kappa shape index (κ2) is 8.15. The minimum atomic E-state index is -0.235. The Bertz CT molecular complexity index is 1320. The van der Waals surface area contributed by atoms with Crippen molar-refractivity contribution in [2.24, 2.45) is 5.92 Å². The largest absolute Gasteiger partial charge is 0.493 e. The van der Waals surface area contributed by atoms with Gasteiger partial charge in [0.05, 0.1) is 25.1 Å². The van der Waals surface area contributed by atoms with Crippen LogP contribution < -0.4 is 10.1 Å². The van der Waals surface area contributed by atoms with E-state index >= 15 is 0 Å². The first-order valence-electron chi connectivity index (χ1n) is 11.3. The third kappa shape index (κ3) is 3.72. The highest BCUT2D eigenvalue weighted by Crippen LogP contribution is 2.31. The Morgan fingerprint density at radius 2 is 2.15 bits per heavy atom. The summed E-state index contributed by atoms with van der Waals surface area (Å²) in [5.74, 6) is 1.64. The van der Waals surface area contributed by atoms with Gasteiger partial charge in [0.25, 0.3) is 0 Å². The van der Waals surface area contributed by atoms with Gasteiger partial charge < -0.3 is 14.8 Å². The quantitative estimate of drug-likeness (QED) is 0.485. The third-order valence-corrected chi connectivity index (χ3v) is 6.39. The Kier molecular flexibility index (Phi) is 4.98. The minimum absolute atomic E-state index is 0.235. The number of nitrogens with one attached hydrogen (secondary N) is 1. The van der Waals surface area contributed by atoms with E-state index in [0.717, 1.165) is 60.0 Å². The zero-order valence-electron chi connectivity index (χ0n) is 18.4. The lowest BCUT2D eigenvalue weighted by atomic mass is 10.0. The van der Waals surface area contributed by atoms with Crippen LogP contribution in [0.4, 0.5) is 10.3 Å². The van der Waals surface area contributed by atoms with Crippen LogP contribution in [0.1, 0.15) is 23.2 Å². The highest BCUT2D eigenvalue weighted by Gasteiger charge is 2.21. The van der Waals surface area contributed by atoms with Crippen LogP contribution in [0.3, 0.4) is 0 Å². The summed E-state index contributed by atoms with van der Waals surface area (Å²) in [7, 11) is 0. The SMILES string of the molecule is Cc1cn2c(NCc3c(F)ccc4c3CCO4)ncc(-c3cnn(CC4CCOC4)c3)c2n1. The van der Waals surface area contributed by atoms with Gasteiger partial charge in [0.1, 0.15) is 17.2 Å². The number of imidazole rings is 1. The van der Waals surface area contributed by atoms with Crippen molar-refractivity contribution in [1.29, 1.82) is 0 Å². The lowest BCUT2D eigenvalue weighted by Gasteiger charge is -2.12. The van der Waals surface area contributed by atoms with Crippen molar-refractivity contribution >= 4 is 11.6 Å². The van der Waals surface area contributed by atoms with Crippen molar-refractivity contribution in [2.75, 3.05) is 25.1 Å². The van der Waals surface area contributed by atoms with Gasteiger partial charge in [-0.3, -0.25) is 9.08 Å². The van der Waals surface area contributed by atoms with E-state index in [4.69, 9.17) is 14.5 Å². The zero-order valence-corrected chi connectivity index (χ0v) is 18.4. The zero-order chi connectivity index (χ0) is 22.4. The molecule has 1 atom stereocenters. The lowest BCUT2D eigenvalue weighted by Crippen LogP contribution is -2.10. The first-order valence-corrected chi connectivity index (χ1v) is 11.3. The van der Waals surface area contributed by atoms with E-state index in [0.29, 0.717) is 37.0 Å². The molecule has 0 radical (unpaired) electrons. The van der Waals surface area contributed by atoms with Gasteiger partial charge in [-0.2, -0.15) is 5.10 Å². The molecule has 8 nitrogen and oxygen atoms in total. The van der Waals surface area contributed by atoms with Gasteiger partial charge in [-0.1, -0.05) is 0 Å². The Hall–Kier alpha value is -3.46. The van der Waals surface area contributed by atoms with Crippen LogP contribution in [0.15, 0.2) is 36.9 Å². The van der Waals surface area contributed by atoms with Crippen LogP contribution in [0.5, 0.6) is 5.75 Å². The molecule has 9 heteroatoms. The number of hydrogen-bond donors (Lipinski definition) is 1. The molecular formula is C24H25FN6O2. The van der Waals surface area contributed by atoms with Crippen LogP contribution in [0.2, 0.25) is 0 Å². The third-order valence-electron chi connectivity index (χ3n) is 6.39. The van der Waals surface area contributed by atoms with E-state index in [1.165, 1.54) is 6.07 Å². The van der Waals surface area contributed by atoms with Crippen LogP contribution in [-0.2, 0) is 24.2 Å². The minimum Gasteiger partial charge on any atom is -0.493 e. The van der Waals surface area contributed by atoms with Crippen LogP contribution >= 0.6 is 0 Å². The molecule has 0 amide bonds. The molecule has 1 unspecified atom stereocenters. The molecule has 0 spiro atoms. The van der Waals surface area contributed by atoms with Crippen LogP contribution in [-0.4, -0.2) is 44.0 Å². The molecule has 1 N–H and O–H groups in total. The van der Waals surface area contributed by atoms with Gasteiger partial charge in [0, 0.05) is 72.9 Å². The number of aryl methyl sites for hydroxylation is 1. The van der Waals surface area contributed by atoms with Crippen LogP contribution in [0.25, 0.3) is 16.8 Å². The fourth-order valence-electron chi connectivity index (χ4n) is 4.70. The molecule has 0 aliphatic carbocycles. The van der Waals surface area contributed by atoms with Crippen molar-refractivity contribution in [3.63, 3.8) is 0 Å². The fourth-order valence-corrected chi connectivity index (χ4v) is 4.70. The van der Waals surface area contributed by atoms with Crippen molar-refractivity contribution in [1.82, 2.24) is 24.1 Å². The van der Waals surface area contributed by atoms with Gasteiger partial charge >= 0.3 is 0 Å². The maximum Gasteiger partial charge on any atom is 0.208 e. The van der Waals surface area contributed by atoms with Gasteiger partial charge in [-0.25, -0.2) is 14.4 Å². The molecule has 0 saturated carbocycles. The average Bonchev–Trinajstić information content (AvgIpc) is 3.60. The number of ether oxygens (including phenoxy) is 2. The summed E-state index contributed by atoms with van der Waals surface area (Å²) in [5, 5.41) is 7.84. The van der Waals surface area contributed by atoms with Crippen molar-refractivity contribution < 1.29 is 13.9 Å². The van der Waals surface area contributed by atoms with Gasteiger partial charge in [-0.15, -0.1) is 0 Å². The Morgan fingerprint density at radius 3 is 3.03 bits per heavy atom. The molecule has 3 aromatic heterocycles. The normalized spacial score (nSPS) is 17.5. The average molecular weight is 449 g/mol. The second-order valence-corrected chi connectivity index (χ2v) is 8.71. The highest BCUT2D eigenvalue weighted by atomic mass is 19.1. The van der Waals surface area contributed by atoms with E-state index in [1.54, 1.807) is 12.3 Å². The summed E-state index contributed by atoms with van der Waals surface area (Å²) in [6.07, 6.45) is 9.41. The van der Waals surface area contributed by atoms with Gasteiger partial charge in [0.2, 0.25) is 5.95 Å². The molecule has 170 valence electrons. The topological polar surface area (TPSA) is 78.5 Å². The molecule has 4 aromatic rings. The van der Waals surface area contributed by atoms with Crippen molar-refractivity contribution in [3.8, 4) is 16.9 Å². The second-order valence-electron chi connectivity index (χ2n) is 8.71. The van der Waals surface area contributed by atoms with Crippen LogP contribution in [0, 0.1) is 18.7 Å². The molecule has 2 aliphatic rings. The monoisotopic (exact) mass is 448 g/mol. The first kappa shape index (κ1) is 20.2. The number of aromatic nitrogens is 5. The number of fused-ring (bicyclic) bond motifs is 2. The Labute approximate surface area is 190 Å². The summed E-state index contributed by atoms with van der Waals surface area (Å²) in [6, 6.07) is 3.16. The number of rotatable bonds is 6. The summed E-state index contributed by atoms with van der Waals surface area (Å²) >= 11 is 0. The maximum absolute atomic E-state index is 14.5. The molecule has 2 aliphatic heterocycles. The number of hydrogen-bond acceptors (Lipinski definition) is 6. The molecule has 1 saturated heterocycles. The van der Waals surface area contributed by atoms with Crippen molar-refractivity contribution in [3.05, 3.63) is 59.6 Å². The predicted octanol–water partition coefficient (Wildman–Crippen LogP) is 3.62. The number of halogens is 1. The molecular weight excluding hydrogens is 423 g/mol. The Morgan fingerprint density at radius 1 is 1.21 bits per heavy atom. The summed E-state index contributed by atoms with van der Waals surface area (Å²) in [5.41, 5.74) is 5.09. The number of benzene rings is 1. The summed E-state index contributed by atoms with van der Waals surface area (Å²) in [6.45, 7) is 5.31. The Balaban J connectivity index is 1.29. The standard InChI is InChI=1S/C24H25FN6O2/c1-15-11-31-23(29-15)19(17-8-28-30(13-17)12-16-4-6-32-14-16)9-26-24(31)27-10-20-18-5-7-33-22(18)3-2-21(20)25/h2-3,8-9,11,13,16H,4-7,10,12,14H2,1H3,(H,26,27). The lowest BCUT2D eigenvalue weighted by molar-refractivity contribution is 0.181. The highest BCUT2D eigenvalue weighted by molar-refractivity contribution is 5.77. The molecule has 33 heavy (non-hydrogen) atoms. The van der Waals surface area contributed by atoms with E-state index in [1.807, 2.05) is 34.6 Å². The molecule has 0 bridgehead atoms. The van der Waals surface area contributed by atoms with Crippen molar-refractivity contribution in [2.45, 2.75) is 32.9 Å². The van der Waals surface area contributed by atoms with Gasteiger partial charge in [0.15, 0.2) is 0 Å². The van der Waals surface area contributed by atoms with E-state index in [9.17, 15) is 4.39 Å². The molecule has 5 heterocycles. The number of nitrogens with zero attached hydrogens (tertiary/aromatic N) is 5. The fraction of sp³-hybridized carbons (Fsp3) is 0.375. The van der Waals surface area contributed by atoms with Gasteiger partial charge in [-0.05, 0) is 25.5 Å². The van der Waals surface area contributed by atoms with E-state index in [-0.39, 0.29) is 5.82 Å². The van der Waals surface area contributed by atoms with E-state index < -0.39 is 0 Å². The predicted molar refractivity (Wildman–Crippen MR) is 121 cm³/mol. The molecule has 1 fully saturated rings. The summed E-state index contributed by atoms with van der Waals surface area (Å²) < 4.78 is 29.5. The smallest absolute Gasteiger partial charge is 0.208 e. The molecule has 6 rings (SSSR count).